The van der Waals surface area contributed by atoms with Gasteiger partial charge < -0.3 is 0 Å². The lowest BCUT2D eigenvalue weighted by atomic mass is 9.97. The summed E-state index contributed by atoms with van der Waals surface area (Å²) in [5, 5.41) is 7.57. The van der Waals surface area contributed by atoms with E-state index in [4.69, 9.17) is 0 Å². The van der Waals surface area contributed by atoms with Crippen molar-refractivity contribution in [1.29, 1.82) is 0 Å². The van der Waals surface area contributed by atoms with Crippen LogP contribution in [0.15, 0.2) is 67.3 Å². The van der Waals surface area contributed by atoms with Crippen LogP contribution in [0.2, 0.25) is 0 Å². The maximum absolute atomic E-state index is 4.54. The van der Waals surface area contributed by atoms with Gasteiger partial charge in [-0.25, -0.2) is 4.98 Å². The highest BCUT2D eigenvalue weighted by Crippen LogP contribution is 2.33. The van der Waals surface area contributed by atoms with Crippen molar-refractivity contribution < 1.29 is 0 Å². The van der Waals surface area contributed by atoms with Crippen LogP contribution in [-0.2, 0) is 0 Å². The molecule has 0 amide bonds. The fraction of sp³-hybridized carbons (Fsp3) is 0.0870. The Labute approximate surface area is 162 Å². The SMILES string of the molecule is Cc1[c]ccc(-c2n[nH]cc2-c2ccc3ncc(-c4ccccn4)n3c2)c1C. The van der Waals surface area contributed by atoms with Gasteiger partial charge in [0, 0.05) is 35.3 Å². The van der Waals surface area contributed by atoms with Gasteiger partial charge in [-0.05, 0) is 55.3 Å². The second-order valence-electron chi connectivity index (χ2n) is 6.79. The first kappa shape index (κ1) is 16.4. The molecule has 0 bridgehead atoms. The largest absolute Gasteiger partial charge is 0.298 e. The molecule has 1 N–H and O–H groups in total. The molecule has 0 aliphatic heterocycles. The number of imidazole rings is 1. The molecule has 0 unspecified atom stereocenters. The highest BCUT2D eigenvalue weighted by molar-refractivity contribution is 5.82. The maximum Gasteiger partial charge on any atom is 0.137 e. The molecule has 1 aromatic carbocycles. The minimum absolute atomic E-state index is 0.885. The summed E-state index contributed by atoms with van der Waals surface area (Å²) >= 11 is 0. The summed E-state index contributed by atoms with van der Waals surface area (Å²) in [6, 6.07) is 17.3. The van der Waals surface area contributed by atoms with Gasteiger partial charge in [0.15, 0.2) is 0 Å². The fourth-order valence-corrected chi connectivity index (χ4v) is 3.50. The number of fused-ring (bicyclic) bond motifs is 1. The molecular weight excluding hydrogens is 346 g/mol. The van der Waals surface area contributed by atoms with Gasteiger partial charge in [0.2, 0.25) is 0 Å². The number of hydrogen-bond donors (Lipinski definition) is 1. The van der Waals surface area contributed by atoms with Gasteiger partial charge in [-0.2, -0.15) is 5.10 Å². The standard InChI is InChI=1S/C23H18N5/c1-15-6-5-7-18(16(15)2)23-19(12-26-27-23)17-9-10-22-25-13-21(28(22)14-17)20-8-3-4-11-24-20/h3-5,7-14H,1-2H3,(H,26,27). The smallest absolute Gasteiger partial charge is 0.137 e. The van der Waals surface area contributed by atoms with Crippen LogP contribution in [0, 0.1) is 19.9 Å². The molecule has 135 valence electrons. The summed E-state index contributed by atoms with van der Waals surface area (Å²) in [4.78, 5) is 8.99. The molecule has 4 aromatic heterocycles. The summed E-state index contributed by atoms with van der Waals surface area (Å²) in [6.45, 7) is 4.18. The van der Waals surface area contributed by atoms with Gasteiger partial charge in [-0.3, -0.25) is 14.5 Å². The van der Waals surface area contributed by atoms with E-state index in [0.717, 1.165) is 45.0 Å². The van der Waals surface area contributed by atoms with Gasteiger partial charge in [0.1, 0.15) is 11.3 Å². The third kappa shape index (κ3) is 2.60. The monoisotopic (exact) mass is 364 g/mol. The number of H-pyrrole nitrogens is 1. The molecule has 0 saturated carbocycles. The number of aromatic nitrogens is 5. The average molecular weight is 364 g/mol. The molecule has 5 aromatic rings. The number of pyridine rings is 2. The Morgan fingerprint density at radius 2 is 1.93 bits per heavy atom. The lowest BCUT2D eigenvalue weighted by Crippen LogP contribution is -1.93. The minimum atomic E-state index is 0.885. The maximum atomic E-state index is 4.54. The van der Waals surface area contributed by atoms with Crippen LogP contribution in [0.1, 0.15) is 11.1 Å². The van der Waals surface area contributed by atoms with Crippen molar-refractivity contribution >= 4 is 5.65 Å². The Morgan fingerprint density at radius 1 is 1.00 bits per heavy atom. The zero-order valence-corrected chi connectivity index (χ0v) is 15.6. The topological polar surface area (TPSA) is 58.9 Å². The predicted octanol–water partition coefficient (Wildman–Crippen LogP) is 4.87. The van der Waals surface area contributed by atoms with Crippen molar-refractivity contribution in [3.63, 3.8) is 0 Å². The predicted molar refractivity (Wildman–Crippen MR) is 110 cm³/mol. The average Bonchev–Trinajstić information content (AvgIpc) is 3.37. The summed E-state index contributed by atoms with van der Waals surface area (Å²) < 4.78 is 2.07. The van der Waals surface area contributed by atoms with Gasteiger partial charge in [0.25, 0.3) is 0 Å². The van der Waals surface area contributed by atoms with E-state index in [1.807, 2.05) is 42.7 Å². The van der Waals surface area contributed by atoms with Crippen molar-refractivity contribution in [2.75, 3.05) is 0 Å². The van der Waals surface area contributed by atoms with Crippen molar-refractivity contribution in [3.05, 3.63) is 84.4 Å². The molecule has 0 atom stereocenters. The first-order chi connectivity index (χ1) is 13.7. The molecule has 0 spiro atoms. The third-order valence-electron chi connectivity index (χ3n) is 5.16. The Bertz CT molecular complexity index is 1280. The van der Waals surface area contributed by atoms with Crippen LogP contribution in [0.25, 0.3) is 39.4 Å². The number of nitrogens with one attached hydrogen (secondary N) is 1. The minimum Gasteiger partial charge on any atom is -0.298 e. The van der Waals surface area contributed by atoms with Crippen LogP contribution >= 0.6 is 0 Å². The lowest BCUT2D eigenvalue weighted by molar-refractivity contribution is 1.09. The molecule has 1 radical (unpaired) electrons. The Kier molecular flexibility index (Phi) is 3.79. The van der Waals surface area contributed by atoms with Gasteiger partial charge in [-0.15, -0.1) is 0 Å². The molecular formula is C23H18N5. The molecule has 5 rings (SSSR count). The number of rotatable bonds is 3. The van der Waals surface area contributed by atoms with Crippen LogP contribution in [-0.4, -0.2) is 24.6 Å². The molecule has 0 saturated heterocycles. The number of aryl methyl sites for hydroxylation is 1. The quantitative estimate of drug-likeness (QED) is 0.497. The summed E-state index contributed by atoms with van der Waals surface area (Å²) in [5.74, 6) is 0. The Morgan fingerprint density at radius 3 is 2.79 bits per heavy atom. The zero-order valence-electron chi connectivity index (χ0n) is 15.6. The molecule has 0 fully saturated rings. The highest BCUT2D eigenvalue weighted by Gasteiger charge is 2.15. The molecule has 0 aliphatic rings. The lowest BCUT2D eigenvalue weighted by Gasteiger charge is -2.09. The summed E-state index contributed by atoms with van der Waals surface area (Å²) in [6.07, 6.45) is 7.69. The summed E-state index contributed by atoms with van der Waals surface area (Å²) in [5.41, 5.74) is 9.23. The van der Waals surface area contributed by atoms with Crippen LogP contribution in [0.5, 0.6) is 0 Å². The van der Waals surface area contributed by atoms with Crippen LogP contribution < -0.4 is 0 Å². The normalized spacial score (nSPS) is 11.2. The summed E-state index contributed by atoms with van der Waals surface area (Å²) in [7, 11) is 0. The molecule has 28 heavy (non-hydrogen) atoms. The van der Waals surface area contributed by atoms with Gasteiger partial charge in [0.05, 0.1) is 17.6 Å². The molecule has 0 aliphatic carbocycles. The first-order valence-electron chi connectivity index (χ1n) is 9.13. The number of benzene rings is 1. The van der Waals surface area contributed by atoms with E-state index in [-0.39, 0.29) is 0 Å². The van der Waals surface area contributed by atoms with Crippen molar-refractivity contribution in [2.45, 2.75) is 13.8 Å². The van der Waals surface area contributed by atoms with Crippen LogP contribution in [0.4, 0.5) is 0 Å². The fourth-order valence-electron chi connectivity index (χ4n) is 3.50. The number of nitrogens with zero attached hydrogens (tertiary/aromatic N) is 4. The van der Waals surface area contributed by atoms with E-state index in [2.05, 4.69) is 62.8 Å². The molecule has 5 heteroatoms. The van der Waals surface area contributed by atoms with E-state index in [1.54, 1.807) is 6.20 Å². The van der Waals surface area contributed by atoms with E-state index in [1.165, 1.54) is 5.56 Å². The van der Waals surface area contributed by atoms with Crippen LogP contribution in [0.3, 0.4) is 0 Å². The molecule has 4 heterocycles. The van der Waals surface area contributed by atoms with Crippen molar-refractivity contribution in [1.82, 2.24) is 24.6 Å². The Hall–Kier alpha value is -3.73. The van der Waals surface area contributed by atoms with E-state index < -0.39 is 0 Å². The van der Waals surface area contributed by atoms with Crippen molar-refractivity contribution in [3.8, 4) is 33.8 Å². The van der Waals surface area contributed by atoms with E-state index >= 15 is 0 Å². The molecule has 5 nitrogen and oxygen atoms in total. The Balaban J connectivity index is 1.68. The first-order valence-corrected chi connectivity index (χ1v) is 9.13. The number of hydrogen-bond acceptors (Lipinski definition) is 3. The third-order valence-corrected chi connectivity index (χ3v) is 5.16. The zero-order chi connectivity index (χ0) is 19.1. The van der Waals surface area contributed by atoms with E-state index in [9.17, 15) is 0 Å². The van der Waals surface area contributed by atoms with Gasteiger partial charge >= 0.3 is 0 Å². The second kappa shape index (κ2) is 6.46. The number of aromatic amines is 1. The van der Waals surface area contributed by atoms with Crippen molar-refractivity contribution in [2.24, 2.45) is 0 Å². The highest BCUT2D eigenvalue weighted by atomic mass is 15.1. The van der Waals surface area contributed by atoms with E-state index in [0.29, 0.717) is 0 Å². The second-order valence-corrected chi connectivity index (χ2v) is 6.79. The van der Waals surface area contributed by atoms with Gasteiger partial charge in [-0.1, -0.05) is 18.2 Å².